The molecule has 1 N–H and O–H groups in total. The van der Waals surface area contributed by atoms with E-state index in [4.69, 9.17) is 4.52 Å². The van der Waals surface area contributed by atoms with Crippen molar-refractivity contribution in [2.24, 2.45) is 5.41 Å². The van der Waals surface area contributed by atoms with Crippen LogP contribution in [0.1, 0.15) is 31.0 Å². The molecule has 1 aromatic heterocycles. The zero-order valence-electron chi connectivity index (χ0n) is 10.3. The first kappa shape index (κ1) is 11.8. The van der Waals surface area contributed by atoms with Crippen molar-refractivity contribution >= 4 is 17.8 Å². The van der Waals surface area contributed by atoms with Gasteiger partial charge in [0.15, 0.2) is 5.82 Å². The summed E-state index contributed by atoms with van der Waals surface area (Å²) in [5.74, 6) is -0.358. The van der Waals surface area contributed by atoms with E-state index in [0.29, 0.717) is 18.7 Å². The van der Waals surface area contributed by atoms with Gasteiger partial charge in [-0.15, -0.1) is 0 Å². The first-order chi connectivity index (χ1) is 9.03. The molecule has 100 valence electrons. The predicted molar refractivity (Wildman–Crippen MR) is 59.4 cm³/mol. The average molecular weight is 264 g/mol. The van der Waals surface area contributed by atoms with E-state index in [9.17, 15) is 14.4 Å². The highest BCUT2D eigenvalue weighted by atomic mass is 16.5. The van der Waals surface area contributed by atoms with Gasteiger partial charge in [0.05, 0.1) is 6.54 Å². The molecule has 2 aliphatic rings. The summed E-state index contributed by atoms with van der Waals surface area (Å²) in [7, 11) is 0. The maximum Gasteiger partial charge on any atom is 0.331 e. The second kappa shape index (κ2) is 3.87. The number of hydrogen-bond acceptors (Lipinski definition) is 6. The van der Waals surface area contributed by atoms with Crippen LogP contribution in [0.3, 0.4) is 0 Å². The fraction of sp³-hybridized carbons (Fsp3) is 0.545. The highest BCUT2D eigenvalue weighted by Crippen LogP contribution is 2.44. The second-order valence-electron chi connectivity index (χ2n) is 4.82. The summed E-state index contributed by atoms with van der Waals surface area (Å²) >= 11 is 0. The molecule has 19 heavy (non-hydrogen) atoms. The number of nitrogens with one attached hydrogen (secondary N) is 1. The molecule has 1 aromatic rings. The molecule has 1 aliphatic heterocycles. The Labute approximate surface area is 108 Å². The van der Waals surface area contributed by atoms with E-state index in [-0.39, 0.29) is 12.4 Å². The summed E-state index contributed by atoms with van der Waals surface area (Å²) in [4.78, 5) is 40.8. The molecule has 1 saturated heterocycles. The summed E-state index contributed by atoms with van der Waals surface area (Å²) in [6.07, 6.45) is 1.77. The molecular weight excluding hydrogens is 252 g/mol. The van der Waals surface area contributed by atoms with Crippen molar-refractivity contribution in [3.63, 3.8) is 0 Å². The molecule has 1 aliphatic carbocycles. The molecule has 1 spiro atoms. The van der Waals surface area contributed by atoms with Crippen LogP contribution >= 0.6 is 0 Å². The lowest BCUT2D eigenvalue weighted by Gasteiger charge is -2.44. The van der Waals surface area contributed by atoms with Crippen LogP contribution in [0.4, 0.5) is 4.79 Å². The third kappa shape index (κ3) is 1.63. The van der Waals surface area contributed by atoms with Crippen molar-refractivity contribution < 1.29 is 18.9 Å². The number of rotatable bonds is 2. The number of carbonyl (C=O) groups excluding carboxylic acids is 3. The number of aromatic nitrogens is 2. The predicted octanol–water partition coefficient (Wildman–Crippen LogP) is 0.127. The number of amides is 4. The summed E-state index contributed by atoms with van der Waals surface area (Å²) in [6, 6.07) is -0.727. The third-order valence-electron chi connectivity index (χ3n) is 3.63. The van der Waals surface area contributed by atoms with Crippen molar-refractivity contribution in [3.05, 3.63) is 11.7 Å². The van der Waals surface area contributed by atoms with Crippen LogP contribution in [0.5, 0.6) is 0 Å². The van der Waals surface area contributed by atoms with E-state index in [1.165, 1.54) is 0 Å². The van der Waals surface area contributed by atoms with Crippen molar-refractivity contribution in [1.82, 2.24) is 20.4 Å². The highest BCUT2D eigenvalue weighted by molar-refractivity contribution is 6.19. The van der Waals surface area contributed by atoms with Crippen LogP contribution in [-0.2, 0) is 16.1 Å². The molecule has 0 bridgehead atoms. The van der Waals surface area contributed by atoms with E-state index in [1.807, 2.05) is 0 Å². The first-order valence-corrected chi connectivity index (χ1v) is 5.99. The van der Waals surface area contributed by atoms with Crippen LogP contribution in [0, 0.1) is 12.3 Å². The lowest BCUT2D eigenvalue weighted by Crippen LogP contribution is -2.65. The van der Waals surface area contributed by atoms with Crippen LogP contribution in [0.25, 0.3) is 0 Å². The lowest BCUT2D eigenvalue weighted by atomic mass is 9.66. The minimum atomic E-state index is -1.06. The normalized spacial score (nSPS) is 21.5. The van der Waals surface area contributed by atoms with Gasteiger partial charge >= 0.3 is 6.03 Å². The number of carbonyl (C=O) groups is 3. The maximum absolute atomic E-state index is 12.3. The molecule has 3 rings (SSSR count). The van der Waals surface area contributed by atoms with Crippen LogP contribution in [0.2, 0.25) is 0 Å². The Morgan fingerprint density at radius 3 is 2.63 bits per heavy atom. The molecule has 0 atom stereocenters. The standard InChI is InChI=1S/C11H12N4O4/c1-6-12-7(14-19-6)5-15-9(17)11(3-2-4-11)8(16)13-10(15)18/h2-5H2,1H3,(H,13,16,18). The Balaban J connectivity index is 1.85. The molecule has 8 heteroatoms. The van der Waals surface area contributed by atoms with E-state index in [0.717, 1.165) is 11.3 Å². The zero-order valence-corrected chi connectivity index (χ0v) is 10.3. The van der Waals surface area contributed by atoms with Gasteiger partial charge in [-0.3, -0.25) is 19.8 Å². The van der Waals surface area contributed by atoms with Gasteiger partial charge in [-0.05, 0) is 12.8 Å². The maximum atomic E-state index is 12.3. The fourth-order valence-corrected chi connectivity index (χ4v) is 2.39. The molecule has 2 fully saturated rings. The molecule has 0 radical (unpaired) electrons. The molecule has 0 aromatic carbocycles. The van der Waals surface area contributed by atoms with Gasteiger partial charge in [-0.1, -0.05) is 11.6 Å². The summed E-state index contributed by atoms with van der Waals surface area (Å²) in [5, 5.41) is 5.87. The quantitative estimate of drug-likeness (QED) is 0.761. The van der Waals surface area contributed by atoms with Gasteiger partial charge in [0.1, 0.15) is 5.41 Å². The minimum Gasteiger partial charge on any atom is -0.340 e. The molecule has 0 unspecified atom stereocenters. The minimum absolute atomic E-state index is 0.0863. The Hall–Kier alpha value is -2.25. The lowest BCUT2D eigenvalue weighted by molar-refractivity contribution is -0.158. The van der Waals surface area contributed by atoms with Crippen molar-refractivity contribution in [2.45, 2.75) is 32.7 Å². The Kier molecular flexibility index (Phi) is 2.41. The number of barbiturate groups is 1. The summed E-state index contributed by atoms with van der Waals surface area (Å²) in [5.41, 5.74) is -1.06. The molecule has 1 saturated carbocycles. The molecule has 4 amide bonds. The zero-order chi connectivity index (χ0) is 13.6. The molecule has 2 heterocycles. The van der Waals surface area contributed by atoms with E-state index in [1.54, 1.807) is 6.92 Å². The van der Waals surface area contributed by atoms with E-state index in [2.05, 4.69) is 15.5 Å². The van der Waals surface area contributed by atoms with Gasteiger partial charge in [0.2, 0.25) is 17.7 Å². The number of nitrogens with zero attached hydrogens (tertiary/aromatic N) is 3. The van der Waals surface area contributed by atoms with Crippen LogP contribution in [0.15, 0.2) is 4.52 Å². The number of urea groups is 1. The van der Waals surface area contributed by atoms with Crippen molar-refractivity contribution in [2.75, 3.05) is 0 Å². The summed E-state index contributed by atoms with van der Waals surface area (Å²) < 4.78 is 4.79. The molecule has 8 nitrogen and oxygen atoms in total. The van der Waals surface area contributed by atoms with E-state index >= 15 is 0 Å². The monoisotopic (exact) mass is 264 g/mol. The largest absolute Gasteiger partial charge is 0.340 e. The van der Waals surface area contributed by atoms with Crippen molar-refractivity contribution in [3.8, 4) is 0 Å². The van der Waals surface area contributed by atoms with Gasteiger partial charge < -0.3 is 4.52 Å². The van der Waals surface area contributed by atoms with Gasteiger partial charge in [0, 0.05) is 6.92 Å². The average Bonchev–Trinajstić information content (AvgIpc) is 2.68. The molecular formula is C11H12N4O4. The Morgan fingerprint density at radius 2 is 2.11 bits per heavy atom. The SMILES string of the molecule is Cc1nc(CN2C(=O)NC(=O)C3(CCC3)C2=O)no1. The summed E-state index contributed by atoms with van der Waals surface area (Å²) in [6.45, 7) is 1.53. The van der Waals surface area contributed by atoms with Gasteiger partial charge in [-0.2, -0.15) is 4.98 Å². The fourth-order valence-electron chi connectivity index (χ4n) is 2.39. The smallest absolute Gasteiger partial charge is 0.331 e. The number of hydrogen-bond donors (Lipinski definition) is 1. The topological polar surface area (TPSA) is 105 Å². The Morgan fingerprint density at radius 1 is 1.37 bits per heavy atom. The van der Waals surface area contributed by atoms with E-state index < -0.39 is 23.3 Å². The Bertz CT molecular complexity index is 575. The highest BCUT2D eigenvalue weighted by Gasteiger charge is 2.57. The first-order valence-electron chi connectivity index (χ1n) is 5.99. The second-order valence-corrected chi connectivity index (χ2v) is 4.82. The van der Waals surface area contributed by atoms with Crippen LogP contribution in [-0.4, -0.2) is 32.9 Å². The number of aryl methyl sites for hydroxylation is 1. The number of imide groups is 2. The van der Waals surface area contributed by atoms with Gasteiger partial charge in [-0.25, -0.2) is 4.79 Å². The van der Waals surface area contributed by atoms with Crippen molar-refractivity contribution in [1.29, 1.82) is 0 Å². The van der Waals surface area contributed by atoms with Gasteiger partial charge in [0.25, 0.3) is 0 Å². The third-order valence-corrected chi connectivity index (χ3v) is 3.63. The van der Waals surface area contributed by atoms with Crippen LogP contribution < -0.4 is 5.32 Å².